The first-order valence-corrected chi connectivity index (χ1v) is 11.2. The summed E-state index contributed by atoms with van der Waals surface area (Å²) in [5.41, 5.74) is 2.12. The van der Waals surface area contributed by atoms with Gasteiger partial charge in [0.25, 0.3) is 0 Å². The Morgan fingerprint density at radius 1 is 0.839 bits per heavy atom. The summed E-state index contributed by atoms with van der Waals surface area (Å²) in [7, 11) is -0.311. The number of nitrogens with zero attached hydrogens (tertiary/aromatic N) is 2. The maximum atomic E-state index is 12.6. The van der Waals surface area contributed by atoms with Gasteiger partial charge in [0.2, 0.25) is 0 Å². The second kappa shape index (κ2) is 8.61. The van der Waals surface area contributed by atoms with E-state index < -0.39 is 9.84 Å². The Balaban J connectivity index is 1.62. The summed E-state index contributed by atoms with van der Waals surface area (Å²) < 4.78 is 35.9. The molecule has 0 aliphatic rings. The van der Waals surface area contributed by atoms with Gasteiger partial charge in [0.1, 0.15) is 11.6 Å². The number of rotatable bonds is 7. The van der Waals surface area contributed by atoms with Gasteiger partial charge in [-0.3, -0.25) is 0 Å². The minimum atomic E-state index is -3.41. The number of anilines is 2. The highest BCUT2D eigenvalue weighted by atomic mass is 32.2. The molecule has 4 aromatic rings. The lowest BCUT2D eigenvalue weighted by Gasteiger charge is -2.13. The highest BCUT2D eigenvalue weighted by molar-refractivity contribution is 7.90. The van der Waals surface area contributed by atoms with Gasteiger partial charge in [-0.05, 0) is 42.0 Å². The first-order valence-electron chi connectivity index (χ1n) is 9.52. The van der Waals surface area contributed by atoms with Crippen LogP contribution in [0.4, 0.5) is 11.5 Å². The Bertz CT molecular complexity index is 1310. The minimum Gasteiger partial charge on any atom is -0.496 e. The van der Waals surface area contributed by atoms with Crippen LogP contribution in [0.25, 0.3) is 10.9 Å². The number of nitrogens with one attached hydrogen (secondary N) is 1. The first kappa shape index (κ1) is 20.6. The summed E-state index contributed by atoms with van der Waals surface area (Å²) >= 11 is 0. The molecule has 8 heteroatoms. The fourth-order valence-electron chi connectivity index (χ4n) is 3.23. The van der Waals surface area contributed by atoms with Crippen LogP contribution in [0.5, 0.6) is 11.8 Å². The van der Waals surface area contributed by atoms with Gasteiger partial charge in [-0.2, -0.15) is 9.97 Å². The molecule has 1 aromatic heterocycles. The zero-order valence-electron chi connectivity index (χ0n) is 17.1. The highest BCUT2D eigenvalue weighted by Gasteiger charge is 2.16. The summed E-state index contributed by atoms with van der Waals surface area (Å²) in [6, 6.07) is 21.4. The van der Waals surface area contributed by atoms with Crippen molar-refractivity contribution in [2.45, 2.75) is 10.6 Å². The lowest BCUT2D eigenvalue weighted by Crippen LogP contribution is -2.05. The van der Waals surface area contributed by atoms with Crippen LogP contribution < -0.4 is 14.8 Å². The lowest BCUT2D eigenvalue weighted by molar-refractivity contribution is 0.382. The van der Waals surface area contributed by atoms with Gasteiger partial charge < -0.3 is 14.8 Å². The number of ether oxygens (including phenoxy) is 2. The molecular weight excluding hydrogens is 414 g/mol. The van der Waals surface area contributed by atoms with Crippen molar-refractivity contribution in [1.82, 2.24) is 9.97 Å². The number of aromatic nitrogens is 2. The summed E-state index contributed by atoms with van der Waals surface area (Å²) in [4.78, 5) is 9.10. The molecule has 1 heterocycles. The van der Waals surface area contributed by atoms with E-state index in [9.17, 15) is 8.42 Å². The summed E-state index contributed by atoms with van der Waals surface area (Å²) in [5.74, 6) is 1.09. The predicted octanol–water partition coefficient (Wildman–Crippen LogP) is 4.36. The van der Waals surface area contributed by atoms with Crippen molar-refractivity contribution in [1.29, 1.82) is 0 Å². The summed E-state index contributed by atoms with van der Waals surface area (Å²) in [5, 5.41) is 3.98. The van der Waals surface area contributed by atoms with Crippen molar-refractivity contribution in [3.05, 3.63) is 78.4 Å². The Morgan fingerprint density at radius 2 is 1.58 bits per heavy atom. The van der Waals surface area contributed by atoms with Gasteiger partial charge in [-0.15, -0.1) is 0 Å². The average molecular weight is 436 g/mol. The van der Waals surface area contributed by atoms with E-state index in [1.54, 1.807) is 49.6 Å². The largest absolute Gasteiger partial charge is 0.496 e. The zero-order chi connectivity index (χ0) is 21.8. The molecule has 0 amide bonds. The van der Waals surface area contributed by atoms with Crippen LogP contribution in [-0.2, 0) is 15.6 Å². The molecule has 0 atom stereocenters. The van der Waals surface area contributed by atoms with E-state index in [1.165, 1.54) is 7.11 Å². The summed E-state index contributed by atoms with van der Waals surface area (Å²) in [6.45, 7) is 0. The van der Waals surface area contributed by atoms with Crippen molar-refractivity contribution < 1.29 is 17.9 Å². The zero-order valence-corrected chi connectivity index (χ0v) is 17.9. The predicted molar refractivity (Wildman–Crippen MR) is 120 cm³/mol. The number of benzene rings is 3. The molecule has 1 N–H and O–H groups in total. The third kappa shape index (κ3) is 4.44. The van der Waals surface area contributed by atoms with Crippen LogP contribution in [0.1, 0.15) is 5.56 Å². The average Bonchev–Trinajstić information content (AvgIpc) is 2.80. The molecule has 0 aliphatic heterocycles. The molecular formula is C23H21N3O4S. The third-order valence-electron chi connectivity index (χ3n) is 4.74. The van der Waals surface area contributed by atoms with Crippen LogP contribution in [-0.4, -0.2) is 32.6 Å². The first-order chi connectivity index (χ1) is 15.0. The lowest BCUT2D eigenvalue weighted by atomic mass is 10.2. The molecule has 0 radical (unpaired) electrons. The van der Waals surface area contributed by atoms with Crippen LogP contribution in [0.2, 0.25) is 0 Å². The van der Waals surface area contributed by atoms with Crippen LogP contribution >= 0.6 is 0 Å². The number of hydrogen-bond donors (Lipinski definition) is 1. The molecule has 0 saturated heterocycles. The second-order valence-electron chi connectivity index (χ2n) is 6.81. The van der Waals surface area contributed by atoms with Crippen molar-refractivity contribution in [2.24, 2.45) is 0 Å². The molecule has 4 rings (SSSR count). The maximum absolute atomic E-state index is 12.6. The Hall–Kier alpha value is -3.65. The SMILES string of the molecule is COc1nc(Nc2ccc(CS(=O)(=O)c3ccccc3)cc2)c2c(OC)cccc2n1. The number of hydrogen-bond acceptors (Lipinski definition) is 7. The smallest absolute Gasteiger partial charge is 0.318 e. The fraction of sp³-hybridized carbons (Fsp3) is 0.130. The second-order valence-corrected chi connectivity index (χ2v) is 8.80. The number of sulfone groups is 1. The fourth-order valence-corrected chi connectivity index (χ4v) is 4.60. The molecule has 7 nitrogen and oxygen atoms in total. The van der Waals surface area contributed by atoms with E-state index in [-0.39, 0.29) is 11.8 Å². The third-order valence-corrected chi connectivity index (χ3v) is 6.45. The molecule has 0 unspecified atom stereocenters. The Kier molecular flexibility index (Phi) is 5.73. The number of methoxy groups -OCH3 is 2. The molecule has 0 saturated carbocycles. The van der Waals surface area contributed by atoms with Gasteiger partial charge in [0.15, 0.2) is 9.84 Å². The monoisotopic (exact) mass is 435 g/mol. The highest BCUT2D eigenvalue weighted by Crippen LogP contribution is 2.33. The van der Waals surface area contributed by atoms with Crippen molar-refractivity contribution in [3.8, 4) is 11.8 Å². The Morgan fingerprint density at radius 3 is 2.26 bits per heavy atom. The van der Waals surface area contributed by atoms with E-state index in [0.717, 1.165) is 11.1 Å². The summed E-state index contributed by atoms with van der Waals surface area (Å²) in [6.07, 6.45) is 0. The molecule has 3 aromatic carbocycles. The van der Waals surface area contributed by atoms with E-state index >= 15 is 0 Å². The number of fused-ring (bicyclic) bond motifs is 1. The molecule has 158 valence electrons. The maximum Gasteiger partial charge on any atom is 0.318 e. The van der Waals surface area contributed by atoms with Gasteiger partial charge >= 0.3 is 6.01 Å². The van der Waals surface area contributed by atoms with E-state index in [0.29, 0.717) is 27.5 Å². The van der Waals surface area contributed by atoms with Gasteiger partial charge in [0, 0.05) is 5.69 Å². The molecule has 0 fully saturated rings. The van der Waals surface area contributed by atoms with Gasteiger partial charge in [-0.25, -0.2) is 8.42 Å². The normalized spacial score (nSPS) is 11.3. The van der Waals surface area contributed by atoms with Crippen LogP contribution in [0.15, 0.2) is 77.7 Å². The Labute approximate surface area is 180 Å². The molecule has 31 heavy (non-hydrogen) atoms. The minimum absolute atomic E-state index is 0.0740. The molecule has 0 spiro atoms. The van der Waals surface area contributed by atoms with E-state index in [1.807, 2.05) is 30.3 Å². The van der Waals surface area contributed by atoms with Crippen molar-refractivity contribution in [2.75, 3.05) is 19.5 Å². The van der Waals surface area contributed by atoms with Gasteiger partial charge in [0.05, 0.1) is 35.8 Å². The van der Waals surface area contributed by atoms with Crippen LogP contribution in [0.3, 0.4) is 0 Å². The van der Waals surface area contributed by atoms with Crippen LogP contribution in [0, 0.1) is 0 Å². The van der Waals surface area contributed by atoms with E-state index in [2.05, 4.69) is 15.3 Å². The topological polar surface area (TPSA) is 90.4 Å². The van der Waals surface area contributed by atoms with Crippen molar-refractivity contribution in [3.63, 3.8) is 0 Å². The van der Waals surface area contributed by atoms with Gasteiger partial charge in [-0.1, -0.05) is 36.4 Å². The standard InChI is InChI=1S/C23H21N3O4S/c1-29-20-10-6-9-19-21(20)22(26-23(25-19)30-2)24-17-13-11-16(12-14-17)15-31(27,28)18-7-4-3-5-8-18/h3-14H,15H2,1-2H3,(H,24,25,26). The van der Waals surface area contributed by atoms with Crippen molar-refractivity contribution >= 4 is 32.2 Å². The molecule has 0 aliphatic carbocycles. The van der Waals surface area contributed by atoms with E-state index in [4.69, 9.17) is 9.47 Å². The molecule has 0 bridgehead atoms. The quantitative estimate of drug-likeness (QED) is 0.461.